The van der Waals surface area contributed by atoms with Gasteiger partial charge in [0.05, 0.1) is 12.7 Å². The van der Waals surface area contributed by atoms with Crippen molar-refractivity contribution >= 4 is 5.91 Å². The largest absolute Gasteiger partial charge is 0.325 e. The fourth-order valence-corrected chi connectivity index (χ4v) is 4.11. The van der Waals surface area contributed by atoms with Crippen molar-refractivity contribution in [1.29, 1.82) is 0 Å². The molecule has 1 saturated heterocycles. The first-order valence-electron chi connectivity index (χ1n) is 7.94. The van der Waals surface area contributed by atoms with Gasteiger partial charge in [0.1, 0.15) is 0 Å². The van der Waals surface area contributed by atoms with Gasteiger partial charge in [-0.1, -0.05) is 43.5 Å². The molecule has 2 heterocycles. The molecule has 0 radical (unpaired) electrons. The Kier molecular flexibility index (Phi) is 3.03. The van der Waals surface area contributed by atoms with Crippen LogP contribution in [0.3, 0.4) is 0 Å². The Hall–Kier alpha value is -1.35. The van der Waals surface area contributed by atoms with Gasteiger partial charge in [-0.15, -0.1) is 0 Å². The first kappa shape index (κ1) is 12.4. The minimum Gasteiger partial charge on any atom is -0.325 e. The van der Waals surface area contributed by atoms with Crippen LogP contribution in [0.4, 0.5) is 0 Å². The SMILES string of the molecule is O=C1C2Cc3ccccc3CN2CN1C1CCCCC1. The van der Waals surface area contributed by atoms with E-state index >= 15 is 0 Å². The fraction of sp³-hybridized carbons (Fsp3) is 0.588. The van der Waals surface area contributed by atoms with Crippen molar-refractivity contribution in [3.63, 3.8) is 0 Å². The zero-order valence-electron chi connectivity index (χ0n) is 11.9. The molecule has 1 aromatic rings. The summed E-state index contributed by atoms with van der Waals surface area (Å²) in [6.45, 7) is 1.79. The van der Waals surface area contributed by atoms with Crippen LogP contribution in [-0.4, -0.2) is 34.5 Å². The lowest BCUT2D eigenvalue weighted by Crippen LogP contribution is -2.40. The van der Waals surface area contributed by atoms with E-state index in [0.29, 0.717) is 11.9 Å². The lowest BCUT2D eigenvalue weighted by Gasteiger charge is -2.31. The second-order valence-electron chi connectivity index (χ2n) is 6.48. The molecule has 2 fully saturated rings. The van der Waals surface area contributed by atoms with Crippen LogP contribution in [0.25, 0.3) is 0 Å². The van der Waals surface area contributed by atoms with E-state index in [2.05, 4.69) is 34.1 Å². The molecule has 3 heteroatoms. The van der Waals surface area contributed by atoms with Gasteiger partial charge >= 0.3 is 0 Å². The van der Waals surface area contributed by atoms with Gasteiger partial charge in [0, 0.05) is 12.6 Å². The summed E-state index contributed by atoms with van der Waals surface area (Å²) < 4.78 is 0. The van der Waals surface area contributed by atoms with E-state index in [4.69, 9.17) is 0 Å². The maximum Gasteiger partial charge on any atom is 0.241 e. The number of rotatable bonds is 1. The van der Waals surface area contributed by atoms with Gasteiger partial charge in [-0.25, -0.2) is 0 Å². The number of carbonyl (C=O) groups excluding carboxylic acids is 1. The molecule has 2 aliphatic heterocycles. The molecule has 20 heavy (non-hydrogen) atoms. The highest BCUT2D eigenvalue weighted by atomic mass is 16.2. The Morgan fingerprint density at radius 3 is 2.55 bits per heavy atom. The third-order valence-electron chi connectivity index (χ3n) is 5.26. The first-order valence-corrected chi connectivity index (χ1v) is 7.94. The minimum absolute atomic E-state index is 0.104. The van der Waals surface area contributed by atoms with E-state index in [1.54, 1.807) is 0 Å². The molecule has 1 amide bonds. The smallest absolute Gasteiger partial charge is 0.241 e. The van der Waals surface area contributed by atoms with Crippen LogP contribution in [0.2, 0.25) is 0 Å². The number of nitrogens with zero attached hydrogens (tertiary/aromatic N) is 2. The summed E-state index contributed by atoms with van der Waals surface area (Å²) in [6.07, 6.45) is 7.24. The standard InChI is InChI=1S/C17H22N2O/c20-17-16-10-13-6-4-5-7-14(13)11-18(16)12-19(17)15-8-2-1-3-9-15/h4-7,15-16H,1-3,8-12H2. The van der Waals surface area contributed by atoms with Gasteiger partial charge in [-0.3, -0.25) is 9.69 Å². The van der Waals surface area contributed by atoms with Gasteiger partial charge < -0.3 is 4.90 Å². The molecule has 3 aliphatic rings. The molecule has 0 spiro atoms. The third kappa shape index (κ3) is 1.96. The summed E-state index contributed by atoms with van der Waals surface area (Å²) in [6, 6.07) is 9.20. The van der Waals surface area contributed by atoms with E-state index in [1.807, 2.05) is 0 Å². The van der Waals surface area contributed by atoms with E-state index in [1.165, 1.54) is 43.2 Å². The molecule has 0 bridgehead atoms. The highest BCUT2D eigenvalue weighted by Gasteiger charge is 2.43. The zero-order chi connectivity index (χ0) is 13.5. The van der Waals surface area contributed by atoms with E-state index in [9.17, 15) is 4.79 Å². The Morgan fingerprint density at radius 2 is 1.75 bits per heavy atom. The molecule has 1 aromatic carbocycles. The number of carbonyl (C=O) groups is 1. The minimum atomic E-state index is 0.104. The third-order valence-corrected chi connectivity index (χ3v) is 5.26. The molecule has 1 aliphatic carbocycles. The predicted molar refractivity (Wildman–Crippen MR) is 78.1 cm³/mol. The van der Waals surface area contributed by atoms with Crippen molar-refractivity contribution in [2.75, 3.05) is 6.67 Å². The molecule has 4 rings (SSSR count). The van der Waals surface area contributed by atoms with Crippen LogP contribution in [0, 0.1) is 0 Å². The summed E-state index contributed by atoms with van der Waals surface area (Å²) in [5, 5.41) is 0. The second kappa shape index (κ2) is 4.88. The average Bonchev–Trinajstić information content (AvgIpc) is 2.83. The highest BCUT2D eigenvalue weighted by Crippen LogP contribution is 2.32. The highest BCUT2D eigenvalue weighted by molar-refractivity contribution is 5.84. The molecular weight excluding hydrogens is 248 g/mol. The number of amides is 1. The summed E-state index contributed by atoms with van der Waals surface area (Å²) in [4.78, 5) is 17.3. The van der Waals surface area contributed by atoms with Crippen molar-refractivity contribution in [1.82, 2.24) is 9.80 Å². The second-order valence-corrected chi connectivity index (χ2v) is 6.48. The molecule has 1 unspecified atom stereocenters. The summed E-state index contributed by atoms with van der Waals surface area (Å²) in [5.41, 5.74) is 2.77. The van der Waals surface area contributed by atoms with Crippen LogP contribution in [-0.2, 0) is 17.8 Å². The Labute approximate surface area is 120 Å². The van der Waals surface area contributed by atoms with Crippen LogP contribution < -0.4 is 0 Å². The summed E-state index contributed by atoms with van der Waals surface area (Å²) >= 11 is 0. The predicted octanol–water partition coefficient (Wildman–Crippen LogP) is 2.55. The number of fused-ring (bicyclic) bond motifs is 2. The molecule has 0 aromatic heterocycles. The molecule has 106 valence electrons. The van der Waals surface area contributed by atoms with Gasteiger partial charge in [0.2, 0.25) is 5.91 Å². The lowest BCUT2D eigenvalue weighted by atomic mass is 9.93. The molecule has 1 saturated carbocycles. The van der Waals surface area contributed by atoms with Gasteiger partial charge in [-0.2, -0.15) is 0 Å². The first-order chi connectivity index (χ1) is 9.83. The average molecular weight is 270 g/mol. The Bertz CT molecular complexity index is 521. The lowest BCUT2D eigenvalue weighted by molar-refractivity contribution is -0.131. The van der Waals surface area contributed by atoms with Crippen molar-refractivity contribution < 1.29 is 4.79 Å². The number of hydrogen-bond acceptors (Lipinski definition) is 2. The Balaban J connectivity index is 1.55. The van der Waals surface area contributed by atoms with Crippen molar-refractivity contribution in [2.24, 2.45) is 0 Å². The van der Waals surface area contributed by atoms with Gasteiger partial charge in [0.15, 0.2) is 0 Å². The molecule has 0 N–H and O–H groups in total. The monoisotopic (exact) mass is 270 g/mol. The van der Waals surface area contributed by atoms with Crippen LogP contribution in [0.5, 0.6) is 0 Å². The van der Waals surface area contributed by atoms with E-state index < -0.39 is 0 Å². The van der Waals surface area contributed by atoms with Crippen molar-refractivity contribution in [3.8, 4) is 0 Å². The maximum absolute atomic E-state index is 12.7. The van der Waals surface area contributed by atoms with Crippen molar-refractivity contribution in [3.05, 3.63) is 35.4 Å². The van der Waals surface area contributed by atoms with Crippen LogP contribution in [0.1, 0.15) is 43.2 Å². The molecule has 1 atom stereocenters. The normalized spacial score (nSPS) is 27.5. The van der Waals surface area contributed by atoms with Gasteiger partial charge in [-0.05, 0) is 30.4 Å². The van der Waals surface area contributed by atoms with Gasteiger partial charge in [0.25, 0.3) is 0 Å². The van der Waals surface area contributed by atoms with E-state index in [-0.39, 0.29) is 6.04 Å². The maximum atomic E-state index is 12.7. The van der Waals surface area contributed by atoms with Crippen LogP contribution >= 0.6 is 0 Å². The number of hydrogen-bond donors (Lipinski definition) is 0. The zero-order valence-corrected chi connectivity index (χ0v) is 11.9. The fourth-order valence-electron chi connectivity index (χ4n) is 4.11. The quantitative estimate of drug-likeness (QED) is 0.783. The van der Waals surface area contributed by atoms with Crippen molar-refractivity contribution in [2.45, 2.75) is 57.2 Å². The number of benzene rings is 1. The Morgan fingerprint density at radius 1 is 1.00 bits per heavy atom. The summed E-state index contributed by atoms with van der Waals surface area (Å²) in [5.74, 6) is 0.381. The van der Waals surface area contributed by atoms with E-state index in [0.717, 1.165) is 19.6 Å². The molecular formula is C17H22N2O. The summed E-state index contributed by atoms with van der Waals surface area (Å²) in [7, 11) is 0. The van der Waals surface area contributed by atoms with Crippen LogP contribution in [0.15, 0.2) is 24.3 Å². The topological polar surface area (TPSA) is 23.6 Å². The molecule has 3 nitrogen and oxygen atoms in total.